The maximum Gasteiger partial charge on any atom is 0.123 e. The van der Waals surface area contributed by atoms with Crippen LogP contribution in [0.3, 0.4) is 0 Å². The van der Waals surface area contributed by atoms with Crippen LogP contribution < -0.4 is 10.6 Å². The average molecular weight is 194 g/mol. The van der Waals surface area contributed by atoms with Crippen molar-refractivity contribution >= 4 is 5.69 Å². The molecule has 76 valence electrons. The van der Waals surface area contributed by atoms with E-state index in [2.05, 4.69) is 4.90 Å². The first-order valence-electron chi connectivity index (χ1n) is 5.00. The lowest BCUT2D eigenvalue weighted by molar-refractivity contribution is 0.602. The Morgan fingerprint density at radius 3 is 2.64 bits per heavy atom. The Bertz CT molecular complexity index is 297. The smallest absolute Gasteiger partial charge is 0.123 e. The topological polar surface area (TPSA) is 29.3 Å². The molecule has 0 spiro atoms. The molecule has 1 unspecified atom stereocenters. The van der Waals surface area contributed by atoms with Crippen molar-refractivity contribution in [3.63, 3.8) is 0 Å². The standard InChI is InChI=1S/C11H15FN2/c12-10-1-3-11(4-2-10)14-6-5-9(7-13)8-14/h1-4,9H,5-8,13H2. The fourth-order valence-electron chi connectivity index (χ4n) is 1.91. The third-order valence-corrected chi connectivity index (χ3v) is 2.81. The molecule has 0 aromatic heterocycles. The number of nitrogens with two attached hydrogens (primary N) is 1. The molecule has 2 N–H and O–H groups in total. The minimum absolute atomic E-state index is 0.177. The first-order chi connectivity index (χ1) is 6.79. The molecular formula is C11H15FN2. The summed E-state index contributed by atoms with van der Waals surface area (Å²) in [5.74, 6) is 0.420. The molecule has 2 rings (SSSR count). The van der Waals surface area contributed by atoms with Gasteiger partial charge in [-0.2, -0.15) is 0 Å². The van der Waals surface area contributed by atoms with Gasteiger partial charge in [-0.05, 0) is 43.1 Å². The summed E-state index contributed by atoms with van der Waals surface area (Å²) in [6, 6.07) is 6.67. The summed E-state index contributed by atoms with van der Waals surface area (Å²) >= 11 is 0. The van der Waals surface area contributed by atoms with Crippen LogP contribution in [0.15, 0.2) is 24.3 Å². The molecular weight excluding hydrogens is 179 g/mol. The van der Waals surface area contributed by atoms with Gasteiger partial charge in [-0.25, -0.2) is 4.39 Å². The molecule has 0 saturated carbocycles. The van der Waals surface area contributed by atoms with Gasteiger partial charge >= 0.3 is 0 Å². The van der Waals surface area contributed by atoms with Gasteiger partial charge in [0.15, 0.2) is 0 Å². The first kappa shape index (κ1) is 9.46. The summed E-state index contributed by atoms with van der Waals surface area (Å²) in [4.78, 5) is 2.26. The van der Waals surface area contributed by atoms with E-state index >= 15 is 0 Å². The van der Waals surface area contributed by atoms with Crippen LogP contribution in [0.4, 0.5) is 10.1 Å². The zero-order valence-corrected chi connectivity index (χ0v) is 8.12. The second kappa shape index (κ2) is 3.96. The van der Waals surface area contributed by atoms with Crippen molar-refractivity contribution in [3.05, 3.63) is 30.1 Å². The molecule has 0 radical (unpaired) electrons. The number of benzene rings is 1. The Morgan fingerprint density at radius 1 is 1.36 bits per heavy atom. The highest BCUT2D eigenvalue weighted by atomic mass is 19.1. The number of anilines is 1. The number of nitrogens with zero attached hydrogens (tertiary/aromatic N) is 1. The van der Waals surface area contributed by atoms with E-state index in [1.807, 2.05) is 12.1 Å². The number of rotatable bonds is 2. The van der Waals surface area contributed by atoms with Crippen molar-refractivity contribution in [1.82, 2.24) is 0 Å². The van der Waals surface area contributed by atoms with Crippen molar-refractivity contribution in [2.24, 2.45) is 11.7 Å². The lowest BCUT2D eigenvalue weighted by atomic mass is 10.1. The molecule has 3 heteroatoms. The van der Waals surface area contributed by atoms with Crippen LogP contribution in [0.2, 0.25) is 0 Å². The van der Waals surface area contributed by atoms with E-state index < -0.39 is 0 Å². The van der Waals surface area contributed by atoms with E-state index in [1.54, 1.807) is 0 Å². The number of hydrogen-bond acceptors (Lipinski definition) is 2. The predicted octanol–water partition coefficient (Wildman–Crippen LogP) is 1.61. The Hall–Kier alpha value is -1.09. The zero-order chi connectivity index (χ0) is 9.97. The normalized spacial score (nSPS) is 21.6. The van der Waals surface area contributed by atoms with Gasteiger partial charge in [0.25, 0.3) is 0 Å². The molecule has 1 aliphatic rings. The van der Waals surface area contributed by atoms with Gasteiger partial charge < -0.3 is 10.6 Å². The van der Waals surface area contributed by atoms with Crippen molar-refractivity contribution in [3.8, 4) is 0 Å². The van der Waals surface area contributed by atoms with Crippen LogP contribution in [0, 0.1) is 11.7 Å². The van der Waals surface area contributed by atoms with Gasteiger partial charge in [-0.15, -0.1) is 0 Å². The van der Waals surface area contributed by atoms with E-state index in [0.717, 1.165) is 31.7 Å². The largest absolute Gasteiger partial charge is 0.371 e. The molecule has 0 amide bonds. The molecule has 1 fully saturated rings. The molecule has 1 heterocycles. The first-order valence-corrected chi connectivity index (χ1v) is 5.00. The van der Waals surface area contributed by atoms with Crippen LogP contribution in [0.1, 0.15) is 6.42 Å². The van der Waals surface area contributed by atoms with Crippen molar-refractivity contribution in [2.45, 2.75) is 6.42 Å². The summed E-state index contributed by atoms with van der Waals surface area (Å²) < 4.78 is 12.7. The third-order valence-electron chi connectivity index (χ3n) is 2.81. The van der Waals surface area contributed by atoms with Gasteiger partial charge in [0.2, 0.25) is 0 Å². The van der Waals surface area contributed by atoms with E-state index in [0.29, 0.717) is 5.92 Å². The molecule has 1 saturated heterocycles. The summed E-state index contributed by atoms with van der Waals surface area (Å²) in [5, 5.41) is 0. The molecule has 2 nitrogen and oxygen atoms in total. The summed E-state index contributed by atoms with van der Waals surface area (Å²) in [6.45, 7) is 2.79. The average Bonchev–Trinajstić information content (AvgIpc) is 2.67. The number of hydrogen-bond donors (Lipinski definition) is 1. The van der Waals surface area contributed by atoms with Gasteiger partial charge in [-0.3, -0.25) is 0 Å². The summed E-state index contributed by atoms with van der Waals surface area (Å²) in [7, 11) is 0. The highest BCUT2D eigenvalue weighted by Gasteiger charge is 2.20. The maximum absolute atomic E-state index is 12.7. The lowest BCUT2D eigenvalue weighted by Crippen LogP contribution is -2.22. The molecule has 14 heavy (non-hydrogen) atoms. The van der Waals surface area contributed by atoms with Gasteiger partial charge in [0.1, 0.15) is 5.82 Å². The molecule has 0 aliphatic carbocycles. The Kier molecular flexibility index (Phi) is 2.68. The fraction of sp³-hybridized carbons (Fsp3) is 0.455. The lowest BCUT2D eigenvalue weighted by Gasteiger charge is -2.18. The summed E-state index contributed by atoms with van der Waals surface area (Å²) in [5.41, 5.74) is 6.71. The van der Waals surface area contributed by atoms with E-state index in [4.69, 9.17) is 5.73 Å². The fourth-order valence-corrected chi connectivity index (χ4v) is 1.91. The minimum atomic E-state index is -0.177. The second-order valence-corrected chi connectivity index (χ2v) is 3.81. The van der Waals surface area contributed by atoms with Crippen LogP contribution in [0.25, 0.3) is 0 Å². The van der Waals surface area contributed by atoms with Crippen molar-refractivity contribution in [1.29, 1.82) is 0 Å². The highest BCUT2D eigenvalue weighted by Crippen LogP contribution is 2.23. The van der Waals surface area contributed by atoms with E-state index in [-0.39, 0.29) is 5.82 Å². The van der Waals surface area contributed by atoms with Crippen LogP contribution in [-0.4, -0.2) is 19.6 Å². The second-order valence-electron chi connectivity index (χ2n) is 3.81. The molecule has 1 atom stereocenters. The van der Waals surface area contributed by atoms with Crippen molar-refractivity contribution in [2.75, 3.05) is 24.5 Å². The Morgan fingerprint density at radius 2 is 2.07 bits per heavy atom. The monoisotopic (exact) mass is 194 g/mol. The minimum Gasteiger partial charge on any atom is -0.371 e. The van der Waals surface area contributed by atoms with E-state index in [9.17, 15) is 4.39 Å². The maximum atomic E-state index is 12.7. The van der Waals surface area contributed by atoms with E-state index in [1.165, 1.54) is 12.1 Å². The summed E-state index contributed by atoms with van der Waals surface area (Å²) in [6.07, 6.45) is 1.15. The Balaban J connectivity index is 2.06. The molecule has 1 aromatic rings. The third kappa shape index (κ3) is 1.87. The molecule has 1 aromatic carbocycles. The van der Waals surface area contributed by atoms with Gasteiger partial charge in [0, 0.05) is 18.8 Å². The predicted molar refractivity (Wildman–Crippen MR) is 55.8 cm³/mol. The molecule has 0 bridgehead atoms. The van der Waals surface area contributed by atoms with Gasteiger partial charge in [0.05, 0.1) is 0 Å². The Labute approximate surface area is 83.5 Å². The number of halogens is 1. The van der Waals surface area contributed by atoms with Crippen molar-refractivity contribution < 1.29 is 4.39 Å². The SMILES string of the molecule is NCC1CCN(c2ccc(F)cc2)C1. The highest BCUT2D eigenvalue weighted by molar-refractivity contribution is 5.47. The van der Waals surface area contributed by atoms with Crippen LogP contribution in [-0.2, 0) is 0 Å². The molecule has 1 aliphatic heterocycles. The van der Waals surface area contributed by atoms with Crippen LogP contribution >= 0.6 is 0 Å². The van der Waals surface area contributed by atoms with Gasteiger partial charge in [-0.1, -0.05) is 0 Å². The zero-order valence-electron chi connectivity index (χ0n) is 8.12. The van der Waals surface area contributed by atoms with Crippen LogP contribution in [0.5, 0.6) is 0 Å². The quantitative estimate of drug-likeness (QED) is 0.775.